The molecule has 0 radical (unpaired) electrons. The molecule has 2 bridgehead atoms. The molecule has 2 heterocycles. The summed E-state index contributed by atoms with van der Waals surface area (Å²) in [5.41, 5.74) is 3.33. The van der Waals surface area contributed by atoms with E-state index in [2.05, 4.69) is 47.9 Å². The van der Waals surface area contributed by atoms with E-state index in [1.165, 1.54) is 44.3 Å². The predicted octanol–water partition coefficient (Wildman–Crippen LogP) is 5.04. The van der Waals surface area contributed by atoms with Crippen molar-refractivity contribution in [3.8, 4) is 17.6 Å². The standard InChI is InChI=1S/C25H29NO/c1-20-3-5-21(6-4-20)7-8-22-11-15-25(16-12-22)27-18-2-17-26-19-23-9-13-24(26)14-10-23/h3-6,11-12,15-16,23-24H,2,9-10,13-14,17-19H2,1H3. The van der Waals surface area contributed by atoms with Gasteiger partial charge in [0.25, 0.3) is 0 Å². The molecule has 2 heteroatoms. The van der Waals surface area contributed by atoms with Crippen LogP contribution in [0.2, 0.25) is 0 Å². The second-order valence-corrected chi connectivity index (χ2v) is 8.01. The predicted molar refractivity (Wildman–Crippen MR) is 111 cm³/mol. The molecular formula is C25H29NO. The van der Waals surface area contributed by atoms with E-state index in [1.54, 1.807) is 0 Å². The van der Waals surface area contributed by atoms with Crippen molar-refractivity contribution in [1.29, 1.82) is 0 Å². The maximum atomic E-state index is 5.93. The van der Waals surface area contributed by atoms with Crippen LogP contribution in [0.4, 0.5) is 0 Å². The van der Waals surface area contributed by atoms with Crippen LogP contribution < -0.4 is 4.74 Å². The Morgan fingerprint density at radius 1 is 0.889 bits per heavy atom. The summed E-state index contributed by atoms with van der Waals surface area (Å²) in [6.45, 7) is 5.38. The first kappa shape index (κ1) is 18.1. The van der Waals surface area contributed by atoms with Crippen molar-refractivity contribution in [3.63, 3.8) is 0 Å². The van der Waals surface area contributed by atoms with Crippen molar-refractivity contribution in [2.24, 2.45) is 5.92 Å². The molecule has 0 amide bonds. The highest BCUT2D eigenvalue weighted by Crippen LogP contribution is 2.34. The SMILES string of the molecule is Cc1ccc(C#Cc2ccc(OCCCN3CC4CCC3CC4)cc2)cc1. The summed E-state index contributed by atoms with van der Waals surface area (Å²) in [7, 11) is 0. The summed E-state index contributed by atoms with van der Waals surface area (Å²) in [5, 5.41) is 0. The van der Waals surface area contributed by atoms with Crippen LogP contribution in [0.1, 0.15) is 48.8 Å². The van der Waals surface area contributed by atoms with Gasteiger partial charge in [0.1, 0.15) is 5.75 Å². The van der Waals surface area contributed by atoms with Gasteiger partial charge in [-0.05, 0) is 81.3 Å². The van der Waals surface area contributed by atoms with Gasteiger partial charge in [-0.25, -0.2) is 0 Å². The lowest BCUT2D eigenvalue weighted by molar-refractivity contribution is 0.0452. The molecule has 2 nitrogen and oxygen atoms in total. The van der Waals surface area contributed by atoms with E-state index in [-0.39, 0.29) is 0 Å². The molecule has 0 spiro atoms. The lowest BCUT2D eigenvalue weighted by atomic mass is 9.80. The van der Waals surface area contributed by atoms with Crippen LogP contribution >= 0.6 is 0 Å². The number of nitrogens with zero attached hydrogens (tertiary/aromatic N) is 1. The number of ether oxygens (including phenoxy) is 1. The molecule has 2 aromatic rings. The molecule has 1 saturated carbocycles. The Bertz CT molecular complexity index is 789. The number of fused-ring (bicyclic) bond motifs is 3. The van der Waals surface area contributed by atoms with E-state index in [1.807, 2.05) is 24.3 Å². The monoisotopic (exact) mass is 359 g/mol. The van der Waals surface area contributed by atoms with Crippen LogP contribution in [0.5, 0.6) is 5.75 Å². The minimum absolute atomic E-state index is 0.794. The molecule has 2 aromatic carbocycles. The van der Waals surface area contributed by atoms with Gasteiger partial charge in [0.2, 0.25) is 0 Å². The Morgan fingerprint density at radius 2 is 1.52 bits per heavy atom. The van der Waals surface area contributed by atoms with Gasteiger partial charge in [-0.3, -0.25) is 4.90 Å². The summed E-state index contributed by atoms with van der Waals surface area (Å²) in [4.78, 5) is 2.70. The lowest BCUT2D eigenvalue weighted by Gasteiger charge is -2.45. The molecule has 0 unspecified atom stereocenters. The summed E-state index contributed by atoms with van der Waals surface area (Å²) >= 11 is 0. The van der Waals surface area contributed by atoms with Crippen LogP contribution in [0.25, 0.3) is 0 Å². The molecule has 2 aliphatic heterocycles. The van der Waals surface area contributed by atoms with E-state index in [4.69, 9.17) is 4.74 Å². The molecule has 3 aliphatic rings. The average molecular weight is 360 g/mol. The first-order valence-corrected chi connectivity index (χ1v) is 10.3. The van der Waals surface area contributed by atoms with Gasteiger partial charge in [-0.15, -0.1) is 0 Å². The van der Waals surface area contributed by atoms with E-state index in [0.29, 0.717) is 0 Å². The van der Waals surface area contributed by atoms with Crippen LogP contribution in [0.3, 0.4) is 0 Å². The lowest BCUT2D eigenvalue weighted by Crippen LogP contribution is -2.48. The number of piperidine rings is 2. The Kier molecular flexibility index (Phi) is 5.80. The van der Waals surface area contributed by atoms with Crippen molar-refractivity contribution in [3.05, 3.63) is 65.2 Å². The molecule has 27 heavy (non-hydrogen) atoms. The molecule has 140 valence electrons. The number of rotatable bonds is 5. The highest BCUT2D eigenvalue weighted by atomic mass is 16.5. The smallest absolute Gasteiger partial charge is 0.119 e. The molecule has 1 aliphatic carbocycles. The summed E-state index contributed by atoms with van der Waals surface area (Å²) < 4.78 is 5.93. The molecule has 0 aromatic heterocycles. The first-order chi connectivity index (χ1) is 13.3. The van der Waals surface area contributed by atoms with Crippen molar-refractivity contribution in [2.45, 2.75) is 45.1 Å². The fourth-order valence-electron chi connectivity index (χ4n) is 4.32. The van der Waals surface area contributed by atoms with Crippen LogP contribution in [-0.2, 0) is 0 Å². The van der Waals surface area contributed by atoms with Crippen LogP contribution in [0, 0.1) is 24.7 Å². The highest BCUT2D eigenvalue weighted by molar-refractivity contribution is 5.44. The molecule has 0 N–H and O–H groups in total. The summed E-state index contributed by atoms with van der Waals surface area (Å²) in [6, 6.07) is 17.3. The first-order valence-electron chi connectivity index (χ1n) is 10.3. The van der Waals surface area contributed by atoms with Crippen LogP contribution in [-0.4, -0.2) is 30.6 Å². The Labute approximate surface area is 163 Å². The van der Waals surface area contributed by atoms with Crippen molar-refractivity contribution in [2.75, 3.05) is 19.7 Å². The number of aryl methyl sites for hydroxylation is 1. The van der Waals surface area contributed by atoms with Gasteiger partial charge < -0.3 is 4.74 Å². The molecular weight excluding hydrogens is 330 g/mol. The third-order valence-corrected chi connectivity index (χ3v) is 5.94. The molecule has 3 fully saturated rings. The van der Waals surface area contributed by atoms with Crippen molar-refractivity contribution >= 4 is 0 Å². The number of hydrogen-bond donors (Lipinski definition) is 0. The third-order valence-electron chi connectivity index (χ3n) is 5.94. The molecule has 5 rings (SSSR count). The zero-order chi connectivity index (χ0) is 18.5. The quantitative estimate of drug-likeness (QED) is 0.548. The Morgan fingerprint density at radius 3 is 2.11 bits per heavy atom. The number of benzene rings is 2. The van der Waals surface area contributed by atoms with Crippen molar-refractivity contribution in [1.82, 2.24) is 4.90 Å². The maximum absolute atomic E-state index is 5.93. The largest absolute Gasteiger partial charge is 0.494 e. The van der Waals surface area contributed by atoms with Gasteiger partial charge in [0.15, 0.2) is 0 Å². The average Bonchev–Trinajstić information content (AvgIpc) is 2.73. The molecule has 2 saturated heterocycles. The van der Waals surface area contributed by atoms with E-state index >= 15 is 0 Å². The fraction of sp³-hybridized carbons (Fsp3) is 0.440. The second-order valence-electron chi connectivity index (χ2n) is 8.01. The van der Waals surface area contributed by atoms with Gasteiger partial charge >= 0.3 is 0 Å². The maximum Gasteiger partial charge on any atom is 0.119 e. The zero-order valence-corrected chi connectivity index (χ0v) is 16.3. The van der Waals surface area contributed by atoms with E-state index in [0.717, 1.165) is 41.9 Å². The van der Waals surface area contributed by atoms with Crippen molar-refractivity contribution < 1.29 is 4.74 Å². The summed E-state index contributed by atoms with van der Waals surface area (Å²) in [5.74, 6) is 8.34. The Balaban J connectivity index is 1.22. The zero-order valence-electron chi connectivity index (χ0n) is 16.3. The van der Waals surface area contributed by atoms with E-state index in [9.17, 15) is 0 Å². The highest BCUT2D eigenvalue weighted by Gasteiger charge is 2.32. The van der Waals surface area contributed by atoms with E-state index < -0.39 is 0 Å². The topological polar surface area (TPSA) is 12.5 Å². The minimum atomic E-state index is 0.794. The third kappa shape index (κ3) is 4.93. The minimum Gasteiger partial charge on any atom is -0.494 e. The van der Waals surface area contributed by atoms with Gasteiger partial charge in [0.05, 0.1) is 6.61 Å². The second kappa shape index (κ2) is 8.63. The van der Waals surface area contributed by atoms with Crippen LogP contribution in [0.15, 0.2) is 48.5 Å². The van der Waals surface area contributed by atoms with Gasteiger partial charge in [-0.2, -0.15) is 0 Å². The fourth-order valence-corrected chi connectivity index (χ4v) is 4.32. The molecule has 0 atom stereocenters. The number of hydrogen-bond acceptors (Lipinski definition) is 2. The normalized spacial score (nSPS) is 21.5. The van der Waals surface area contributed by atoms with Gasteiger partial charge in [-0.1, -0.05) is 29.5 Å². The summed E-state index contributed by atoms with van der Waals surface area (Å²) in [6.07, 6.45) is 6.85. The Hall–Kier alpha value is -2.24. The van der Waals surface area contributed by atoms with Gasteiger partial charge in [0, 0.05) is 30.3 Å².